The second kappa shape index (κ2) is 6.61. The van der Waals surface area contributed by atoms with E-state index < -0.39 is 0 Å². The highest BCUT2D eigenvalue weighted by atomic mass is 32.1. The van der Waals surface area contributed by atoms with E-state index in [0.717, 1.165) is 25.1 Å². The number of nitrogens with one attached hydrogen (secondary N) is 1. The van der Waals surface area contributed by atoms with Gasteiger partial charge in [0, 0.05) is 6.54 Å². The summed E-state index contributed by atoms with van der Waals surface area (Å²) in [6, 6.07) is 1.79. The summed E-state index contributed by atoms with van der Waals surface area (Å²) in [5.41, 5.74) is 6.40. The zero-order valence-electron chi connectivity index (χ0n) is 10.4. The van der Waals surface area contributed by atoms with Gasteiger partial charge < -0.3 is 16.0 Å². The molecule has 1 aliphatic rings. The Bertz CT molecular complexity index is 403. The molecular weight excluding hydrogens is 246 g/mol. The summed E-state index contributed by atoms with van der Waals surface area (Å²) >= 11 is 4.98. The predicted molar refractivity (Wildman–Crippen MR) is 76.7 cm³/mol. The molecule has 0 bridgehead atoms. The fraction of sp³-hybridized carbons (Fsp3) is 0.583. The summed E-state index contributed by atoms with van der Waals surface area (Å²) in [6.45, 7) is 4.48. The van der Waals surface area contributed by atoms with Crippen LogP contribution in [0.4, 0.5) is 5.82 Å². The summed E-state index contributed by atoms with van der Waals surface area (Å²) < 4.78 is 0. The van der Waals surface area contributed by atoms with Crippen LogP contribution < -0.4 is 11.1 Å². The van der Waals surface area contributed by atoms with Crippen molar-refractivity contribution >= 4 is 23.0 Å². The topological polar surface area (TPSA) is 67.1 Å². The Labute approximate surface area is 113 Å². The Morgan fingerprint density at radius 2 is 2.22 bits per heavy atom. The number of nitrogens with two attached hydrogens (primary N) is 1. The molecule has 3 N–H and O–H groups in total. The zero-order valence-corrected chi connectivity index (χ0v) is 11.2. The van der Waals surface area contributed by atoms with Crippen LogP contribution in [0.3, 0.4) is 0 Å². The van der Waals surface area contributed by atoms with Crippen molar-refractivity contribution in [3.05, 3.63) is 17.8 Å². The third-order valence-corrected chi connectivity index (χ3v) is 3.35. The standard InChI is InChI=1S/C12H19N5S/c13-11(18)10-4-6-15-16-12(10)14-5-3-9-17-7-1-2-8-17/h4,6H,1-3,5,7-9H2,(H2,13,18)(H,14,16). The van der Waals surface area contributed by atoms with Crippen molar-refractivity contribution in [1.29, 1.82) is 0 Å². The molecule has 0 unspecified atom stereocenters. The quantitative estimate of drug-likeness (QED) is 0.591. The first-order valence-electron chi connectivity index (χ1n) is 6.35. The number of hydrogen-bond acceptors (Lipinski definition) is 5. The molecule has 0 amide bonds. The van der Waals surface area contributed by atoms with Crippen molar-refractivity contribution in [3.8, 4) is 0 Å². The maximum absolute atomic E-state index is 5.63. The molecule has 0 radical (unpaired) electrons. The molecule has 6 heteroatoms. The lowest BCUT2D eigenvalue weighted by atomic mass is 10.2. The van der Waals surface area contributed by atoms with Gasteiger partial charge in [-0.25, -0.2) is 0 Å². The number of nitrogens with zero attached hydrogens (tertiary/aromatic N) is 3. The predicted octanol–water partition coefficient (Wildman–Crippen LogP) is 1.01. The van der Waals surface area contributed by atoms with Crippen LogP contribution in [-0.4, -0.2) is 46.3 Å². The van der Waals surface area contributed by atoms with Crippen molar-refractivity contribution in [3.63, 3.8) is 0 Å². The Hall–Kier alpha value is -1.27. The van der Waals surface area contributed by atoms with Crippen LogP contribution in [0.2, 0.25) is 0 Å². The Morgan fingerprint density at radius 3 is 2.94 bits per heavy atom. The molecule has 0 aliphatic carbocycles. The van der Waals surface area contributed by atoms with Crippen LogP contribution in [-0.2, 0) is 0 Å². The van der Waals surface area contributed by atoms with Crippen molar-refractivity contribution in [2.45, 2.75) is 19.3 Å². The molecule has 2 heterocycles. The smallest absolute Gasteiger partial charge is 0.158 e. The monoisotopic (exact) mass is 265 g/mol. The molecule has 1 fully saturated rings. The normalized spacial score (nSPS) is 15.8. The minimum Gasteiger partial charge on any atom is -0.389 e. The fourth-order valence-electron chi connectivity index (χ4n) is 2.18. The number of rotatable bonds is 6. The van der Waals surface area contributed by atoms with Gasteiger partial charge in [-0.05, 0) is 45.0 Å². The van der Waals surface area contributed by atoms with Gasteiger partial charge in [-0.3, -0.25) is 0 Å². The summed E-state index contributed by atoms with van der Waals surface area (Å²) in [5, 5.41) is 11.1. The zero-order chi connectivity index (χ0) is 12.8. The first kappa shape index (κ1) is 13.2. The average molecular weight is 265 g/mol. The van der Waals surface area contributed by atoms with Crippen LogP contribution in [0.5, 0.6) is 0 Å². The van der Waals surface area contributed by atoms with Gasteiger partial charge in [-0.1, -0.05) is 12.2 Å². The molecule has 1 aromatic rings. The van der Waals surface area contributed by atoms with Crippen LogP contribution in [0.1, 0.15) is 24.8 Å². The minimum atomic E-state index is 0.354. The maximum atomic E-state index is 5.63. The van der Waals surface area contributed by atoms with Crippen molar-refractivity contribution < 1.29 is 0 Å². The largest absolute Gasteiger partial charge is 0.389 e. The van der Waals surface area contributed by atoms with Gasteiger partial charge in [0.05, 0.1) is 11.8 Å². The van der Waals surface area contributed by atoms with E-state index in [4.69, 9.17) is 18.0 Å². The first-order valence-corrected chi connectivity index (χ1v) is 6.76. The van der Waals surface area contributed by atoms with Crippen molar-refractivity contribution in [2.24, 2.45) is 5.73 Å². The maximum Gasteiger partial charge on any atom is 0.158 e. The molecule has 18 heavy (non-hydrogen) atoms. The molecular formula is C12H19N5S. The molecule has 5 nitrogen and oxygen atoms in total. The lowest BCUT2D eigenvalue weighted by molar-refractivity contribution is 0.337. The lowest BCUT2D eigenvalue weighted by Gasteiger charge is -2.14. The highest BCUT2D eigenvalue weighted by molar-refractivity contribution is 7.80. The number of likely N-dealkylation sites (tertiary alicyclic amines) is 1. The van der Waals surface area contributed by atoms with E-state index >= 15 is 0 Å². The minimum absolute atomic E-state index is 0.354. The molecule has 0 aromatic carbocycles. The Morgan fingerprint density at radius 1 is 1.44 bits per heavy atom. The Kier molecular flexibility index (Phi) is 4.83. The lowest BCUT2D eigenvalue weighted by Crippen LogP contribution is -2.23. The van der Waals surface area contributed by atoms with Crippen molar-refractivity contribution in [2.75, 3.05) is 31.5 Å². The van der Waals surface area contributed by atoms with Gasteiger partial charge in [0.15, 0.2) is 5.82 Å². The molecule has 0 saturated carbocycles. The summed E-state index contributed by atoms with van der Waals surface area (Å²) in [6.07, 6.45) is 5.36. The molecule has 0 spiro atoms. The third-order valence-electron chi connectivity index (χ3n) is 3.13. The fourth-order valence-corrected chi connectivity index (χ4v) is 2.34. The summed E-state index contributed by atoms with van der Waals surface area (Å²) in [7, 11) is 0. The van der Waals surface area contributed by atoms with E-state index in [9.17, 15) is 0 Å². The van der Waals surface area contributed by atoms with E-state index in [1.54, 1.807) is 12.3 Å². The van der Waals surface area contributed by atoms with E-state index in [1.165, 1.54) is 25.9 Å². The van der Waals surface area contributed by atoms with Crippen LogP contribution >= 0.6 is 12.2 Å². The van der Waals surface area contributed by atoms with E-state index in [0.29, 0.717) is 10.8 Å². The van der Waals surface area contributed by atoms with Gasteiger partial charge >= 0.3 is 0 Å². The van der Waals surface area contributed by atoms with Crippen LogP contribution in [0.25, 0.3) is 0 Å². The van der Waals surface area contributed by atoms with Crippen molar-refractivity contribution in [1.82, 2.24) is 15.1 Å². The molecule has 98 valence electrons. The van der Waals surface area contributed by atoms with Crippen LogP contribution in [0.15, 0.2) is 12.3 Å². The van der Waals surface area contributed by atoms with Gasteiger partial charge in [0.2, 0.25) is 0 Å². The van der Waals surface area contributed by atoms with Gasteiger partial charge in [0.1, 0.15) is 4.99 Å². The molecule has 1 aromatic heterocycles. The molecule has 0 atom stereocenters. The van der Waals surface area contributed by atoms with Gasteiger partial charge in [-0.15, -0.1) is 5.10 Å². The second-order valence-electron chi connectivity index (χ2n) is 4.49. The SMILES string of the molecule is NC(=S)c1ccnnc1NCCCN1CCCC1. The molecule has 1 aliphatic heterocycles. The Balaban J connectivity index is 1.77. The third kappa shape index (κ3) is 3.61. The number of thiocarbonyl (C=S) groups is 1. The highest BCUT2D eigenvalue weighted by Gasteiger charge is 2.10. The van der Waals surface area contributed by atoms with E-state index in [1.807, 2.05) is 0 Å². The number of hydrogen-bond donors (Lipinski definition) is 2. The van der Waals surface area contributed by atoms with Gasteiger partial charge in [0.25, 0.3) is 0 Å². The summed E-state index contributed by atoms with van der Waals surface area (Å²) in [5.74, 6) is 0.687. The molecule has 1 saturated heterocycles. The van der Waals surface area contributed by atoms with E-state index in [2.05, 4.69) is 20.4 Å². The van der Waals surface area contributed by atoms with E-state index in [-0.39, 0.29) is 0 Å². The summed E-state index contributed by atoms with van der Waals surface area (Å²) in [4.78, 5) is 2.85. The number of anilines is 1. The first-order chi connectivity index (χ1) is 8.77. The average Bonchev–Trinajstić information content (AvgIpc) is 2.88. The van der Waals surface area contributed by atoms with Gasteiger partial charge in [-0.2, -0.15) is 5.10 Å². The van der Waals surface area contributed by atoms with Crippen LogP contribution in [0, 0.1) is 0 Å². The number of aromatic nitrogens is 2. The molecule has 2 rings (SSSR count). The second-order valence-corrected chi connectivity index (χ2v) is 4.93. The highest BCUT2D eigenvalue weighted by Crippen LogP contribution is 2.10.